The van der Waals surface area contributed by atoms with Gasteiger partial charge in [0.1, 0.15) is 5.69 Å². The molecule has 7 nitrogen and oxygen atoms in total. The van der Waals surface area contributed by atoms with Crippen molar-refractivity contribution in [2.24, 2.45) is 0 Å². The van der Waals surface area contributed by atoms with Crippen LogP contribution in [0.2, 0.25) is 0 Å². The number of fused-ring (bicyclic) bond motifs is 1. The number of nitrogens with zero attached hydrogens (tertiary/aromatic N) is 4. The van der Waals surface area contributed by atoms with E-state index in [0.29, 0.717) is 19.5 Å². The van der Waals surface area contributed by atoms with Gasteiger partial charge in [0.05, 0.1) is 16.6 Å². The van der Waals surface area contributed by atoms with E-state index >= 15 is 0 Å². The Morgan fingerprint density at radius 1 is 1.04 bits per heavy atom. The number of hydrogen-bond acceptors (Lipinski definition) is 4. The van der Waals surface area contributed by atoms with Crippen molar-refractivity contribution in [2.45, 2.75) is 24.8 Å². The Balaban J connectivity index is 1.42. The summed E-state index contributed by atoms with van der Waals surface area (Å²) in [4.78, 5) is 4.75. The van der Waals surface area contributed by atoms with Crippen molar-refractivity contribution in [1.82, 2.24) is 23.9 Å². The van der Waals surface area contributed by atoms with Crippen molar-refractivity contribution < 1.29 is 8.42 Å². The number of rotatable bonds is 7. The summed E-state index contributed by atoms with van der Waals surface area (Å²) in [5.74, 6) is 0.802. The fourth-order valence-corrected chi connectivity index (χ4v) is 4.17. The second kappa shape index (κ2) is 7.57. The number of benzene rings is 1. The standard InChI is InChI=1S/C20H21N5O2S/c1-16-6-8-18(9-7-16)28(26,27)23-11-3-14-24-15-13-21-20(24)19-5-2-4-17-10-12-22-25(17)19/h2,4-10,12-13,15,23H,3,11,14H2,1H3. The van der Waals surface area contributed by atoms with Crippen molar-refractivity contribution in [1.29, 1.82) is 0 Å². The lowest BCUT2D eigenvalue weighted by Gasteiger charge is -2.10. The number of aryl methyl sites for hydroxylation is 2. The van der Waals surface area contributed by atoms with Crippen LogP contribution in [-0.4, -0.2) is 34.1 Å². The first-order chi connectivity index (χ1) is 13.5. The molecule has 4 aromatic rings. The minimum Gasteiger partial charge on any atom is -0.330 e. The van der Waals surface area contributed by atoms with Crippen LogP contribution in [0.4, 0.5) is 0 Å². The molecule has 28 heavy (non-hydrogen) atoms. The summed E-state index contributed by atoms with van der Waals surface area (Å²) in [5, 5.41) is 4.36. The Labute approximate surface area is 163 Å². The van der Waals surface area contributed by atoms with E-state index < -0.39 is 10.0 Å². The quantitative estimate of drug-likeness (QED) is 0.488. The highest BCUT2D eigenvalue weighted by Gasteiger charge is 2.14. The summed E-state index contributed by atoms with van der Waals surface area (Å²) >= 11 is 0. The molecule has 1 N–H and O–H groups in total. The van der Waals surface area contributed by atoms with Crippen LogP contribution in [0.3, 0.4) is 0 Å². The van der Waals surface area contributed by atoms with Crippen LogP contribution in [0, 0.1) is 6.92 Å². The Hall–Kier alpha value is -2.97. The maximum absolute atomic E-state index is 12.4. The van der Waals surface area contributed by atoms with E-state index in [-0.39, 0.29) is 4.90 Å². The molecule has 3 aromatic heterocycles. The van der Waals surface area contributed by atoms with Crippen LogP contribution in [0.5, 0.6) is 0 Å². The molecule has 0 bridgehead atoms. The van der Waals surface area contributed by atoms with Gasteiger partial charge in [-0.05, 0) is 43.7 Å². The molecule has 0 spiro atoms. The zero-order valence-electron chi connectivity index (χ0n) is 15.5. The van der Waals surface area contributed by atoms with Gasteiger partial charge in [0, 0.05) is 25.5 Å². The van der Waals surface area contributed by atoms with E-state index in [2.05, 4.69) is 14.8 Å². The highest BCUT2D eigenvalue weighted by atomic mass is 32.2. The van der Waals surface area contributed by atoms with Crippen LogP contribution in [0.25, 0.3) is 17.0 Å². The van der Waals surface area contributed by atoms with E-state index in [1.807, 2.05) is 46.5 Å². The summed E-state index contributed by atoms with van der Waals surface area (Å²) in [5.41, 5.74) is 2.92. The number of hydrogen-bond donors (Lipinski definition) is 1. The molecule has 4 rings (SSSR count). The smallest absolute Gasteiger partial charge is 0.240 e. The van der Waals surface area contributed by atoms with Gasteiger partial charge in [-0.25, -0.2) is 22.6 Å². The molecule has 0 fully saturated rings. The summed E-state index contributed by atoms with van der Waals surface area (Å²) in [6.07, 6.45) is 6.04. The summed E-state index contributed by atoms with van der Waals surface area (Å²) < 4.78 is 31.3. The number of sulfonamides is 1. The lowest BCUT2D eigenvalue weighted by Crippen LogP contribution is -2.25. The SMILES string of the molecule is Cc1ccc(S(=O)(=O)NCCCn2ccnc2-c2cccc3ccnn23)cc1. The summed E-state index contributed by atoms with van der Waals surface area (Å²) in [6, 6.07) is 14.7. The lowest BCUT2D eigenvalue weighted by atomic mass is 10.2. The lowest BCUT2D eigenvalue weighted by molar-refractivity contribution is 0.570. The third-order valence-electron chi connectivity index (χ3n) is 4.57. The molecule has 0 amide bonds. The minimum atomic E-state index is -3.49. The molecule has 1 aromatic carbocycles. The molecular formula is C20H21N5O2S. The Morgan fingerprint density at radius 2 is 1.86 bits per heavy atom. The van der Waals surface area contributed by atoms with Gasteiger partial charge >= 0.3 is 0 Å². The van der Waals surface area contributed by atoms with Gasteiger partial charge in [-0.2, -0.15) is 5.10 Å². The van der Waals surface area contributed by atoms with E-state index in [4.69, 9.17) is 0 Å². The molecule has 0 aliphatic heterocycles. The fraction of sp³-hybridized carbons (Fsp3) is 0.200. The first kappa shape index (κ1) is 18.4. The van der Waals surface area contributed by atoms with Gasteiger partial charge in [-0.15, -0.1) is 0 Å². The van der Waals surface area contributed by atoms with Gasteiger partial charge in [-0.3, -0.25) is 0 Å². The maximum atomic E-state index is 12.4. The van der Waals surface area contributed by atoms with Crippen LogP contribution in [0.15, 0.2) is 72.0 Å². The molecule has 8 heteroatoms. The van der Waals surface area contributed by atoms with E-state index in [9.17, 15) is 8.42 Å². The number of imidazole rings is 1. The third kappa shape index (κ3) is 3.69. The average Bonchev–Trinajstić information content (AvgIpc) is 3.34. The summed E-state index contributed by atoms with van der Waals surface area (Å²) in [7, 11) is -3.49. The average molecular weight is 395 g/mol. The molecule has 0 aliphatic rings. The Bertz CT molecular complexity index is 1190. The predicted molar refractivity (Wildman–Crippen MR) is 107 cm³/mol. The van der Waals surface area contributed by atoms with Crippen molar-refractivity contribution in [3.8, 4) is 11.5 Å². The Morgan fingerprint density at radius 3 is 2.68 bits per heavy atom. The van der Waals surface area contributed by atoms with Gasteiger partial charge in [0.15, 0.2) is 5.82 Å². The van der Waals surface area contributed by atoms with E-state index in [1.165, 1.54) is 0 Å². The van der Waals surface area contributed by atoms with Crippen LogP contribution >= 0.6 is 0 Å². The van der Waals surface area contributed by atoms with Crippen LogP contribution < -0.4 is 4.72 Å². The zero-order chi connectivity index (χ0) is 19.6. The molecule has 0 aliphatic carbocycles. The molecule has 144 valence electrons. The maximum Gasteiger partial charge on any atom is 0.240 e. The number of pyridine rings is 1. The van der Waals surface area contributed by atoms with Gasteiger partial charge < -0.3 is 4.57 Å². The largest absolute Gasteiger partial charge is 0.330 e. The Kier molecular flexibility index (Phi) is 4.97. The first-order valence-electron chi connectivity index (χ1n) is 9.05. The van der Waals surface area contributed by atoms with Crippen molar-refractivity contribution in [3.05, 3.63) is 72.7 Å². The van der Waals surface area contributed by atoms with Crippen molar-refractivity contribution in [3.63, 3.8) is 0 Å². The minimum absolute atomic E-state index is 0.284. The zero-order valence-corrected chi connectivity index (χ0v) is 16.3. The van der Waals surface area contributed by atoms with Crippen molar-refractivity contribution >= 4 is 15.5 Å². The fourth-order valence-electron chi connectivity index (χ4n) is 3.10. The van der Waals surface area contributed by atoms with Gasteiger partial charge in [-0.1, -0.05) is 23.8 Å². The van der Waals surface area contributed by atoms with E-state index in [1.54, 1.807) is 36.7 Å². The van der Waals surface area contributed by atoms with Crippen LogP contribution in [0.1, 0.15) is 12.0 Å². The molecule has 0 saturated carbocycles. The van der Waals surface area contributed by atoms with E-state index in [0.717, 1.165) is 22.6 Å². The van der Waals surface area contributed by atoms with Crippen LogP contribution in [-0.2, 0) is 16.6 Å². The number of aromatic nitrogens is 4. The summed E-state index contributed by atoms with van der Waals surface area (Å²) in [6.45, 7) is 2.92. The number of nitrogens with one attached hydrogen (secondary N) is 1. The van der Waals surface area contributed by atoms with Gasteiger partial charge in [0.2, 0.25) is 10.0 Å². The molecule has 3 heterocycles. The highest BCUT2D eigenvalue weighted by molar-refractivity contribution is 7.89. The molecular weight excluding hydrogens is 374 g/mol. The topological polar surface area (TPSA) is 81.3 Å². The monoisotopic (exact) mass is 395 g/mol. The second-order valence-corrected chi connectivity index (χ2v) is 8.35. The highest BCUT2D eigenvalue weighted by Crippen LogP contribution is 2.19. The predicted octanol–water partition coefficient (Wildman–Crippen LogP) is 2.87. The molecule has 0 unspecified atom stereocenters. The molecule has 0 saturated heterocycles. The van der Waals surface area contributed by atoms with Gasteiger partial charge in [0.25, 0.3) is 0 Å². The normalized spacial score (nSPS) is 11.9. The molecule has 0 radical (unpaired) electrons. The second-order valence-electron chi connectivity index (χ2n) is 6.59. The molecule has 0 atom stereocenters. The first-order valence-corrected chi connectivity index (χ1v) is 10.5. The van der Waals surface area contributed by atoms with Crippen molar-refractivity contribution in [2.75, 3.05) is 6.54 Å². The third-order valence-corrected chi connectivity index (χ3v) is 6.04.